The fraction of sp³-hybridized carbons (Fsp3) is 0.250. The molecule has 0 aliphatic carbocycles. The lowest BCUT2D eigenvalue weighted by atomic mass is 9.98. The highest BCUT2D eigenvalue weighted by atomic mass is 16.6. The van der Waals surface area contributed by atoms with Crippen molar-refractivity contribution >= 4 is 11.4 Å². The van der Waals surface area contributed by atoms with E-state index in [4.69, 9.17) is 0 Å². The first kappa shape index (κ1) is 11.5. The van der Waals surface area contributed by atoms with Gasteiger partial charge in [-0.15, -0.1) is 0 Å². The Kier molecular flexibility index (Phi) is 2.25. The van der Waals surface area contributed by atoms with Crippen LogP contribution in [0.1, 0.15) is 5.69 Å². The Morgan fingerprint density at radius 1 is 1.37 bits per heavy atom. The molecule has 0 unspecified atom stereocenters. The van der Waals surface area contributed by atoms with Crippen LogP contribution in [0.5, 0.6) is 0 Å². The average Bonchev–Trinajstić information content (AvgIpc) is 2.64. The number of aryl methyl sites for hydroxylation is 1. The Morgan fingerprint density at radius 2 is 2.11 bits per heavy atom. The molecule has 1 aliphatic rings. The molecule has 0 amide bonds. The maximum Gasteiger partial charge on any atom is 0.293 e. The second-order valence-electron chi connectivity index (χ2n) is 4.61. The minimum atomic E-state index is -0.419. The Labute approximate surface area is 108 Å². The zero-order chi connectivity index (χ0) is 13.7. The average molecular weight is 260 g/mol. The first-order valence-corrected chi connectivity index (χ1v) is 5.77. The number of aromatic amines is 1. The lowest BCUT2D eigenvalue weighted by molar-refractivity contribution is -0.384. The number of anilines is 1. The molecule has 1 aromatic heterocycles. The minimum absolute atomic E-state index is 0.0221. The van der Waals surface area contributed by atoms with Gasteiger partial charge in [-0.3, -0.25) is 24.7 Å². The van der Waals surface area contributed by atoms with Gasteiger partial charge in [-0.05, 0) is 0 Å². The van der Waals surface area contributed by atoms with Gasteiger partial charge in [0, 0.05) is 25.7 Å². The maximum atomic E-state index is 12.0. The van der Waals surface area contributed by atoms with Crippen molar-refractivity contribution in [1.29, 1.82) is 0 Å². The highest BCUT2D eigenvalue weighted by molar-refractivity contribution is 5.88. The molecule has 7 nitrogen and oxygen atoms in total. The van der Waals surface area contributed by atoms with E-state index in [1.165, 1.54) is 6.07 Å². The van der Waals surface area contributed by atoms with Crippen LogP contribution in [0, 0.1) is 10.1 Å². The molecule has 2 heterocycles. The summed E-state index contributed by atoms with van der Waals surface area (Å²) in [6.45, 7) is 0.461. The van der Waals surface area contributed by atoms with Crippen LogP contribution in [0.2, 0.25) is 0 Å². The lowest BCUT2D eigenvalue weighted by Crippen LogP contribution is -2.24. The summed E-state index contributed by atoms with van der Waals surface area (Å²) in [6.07, 6.45) is 0. The molecule has 7 heteroatoms. The van der Waals surface area contributed by atoms with Crippen molar-refractivity contribution in [2.24, 2.45) is 7.05 Å². The molecule has 0 radical (unpaired) electrons. The van der Waals surface area contributed by atoms with Crippen molar-refractivity contribution in [1.82, 2.24) is 9.78 Å². The normalized spacial score (nSPS) is 13.1. The van der Waals surface area contributed by atoms with Crippen molar-refractivity contribution in [3.63, 3.8) is 0 Å². The molecule has 1 N–H and O–H groups in total. The summed E-state index contributed by atoms with van der Waals surface area (Å²) in [6, 6.07) is 4.80. The van der Waals surface area contributed by atoms with E-state index in [0.29, 0.717) is 23.4 Å². The lowest BCUT2D eigenvalue weighted by Gasteiger charge is -2.26. The summed E-state index contributed by atoms with van der Waals surface area (Å²) in [5.41, 5.74) is 2.28. The predicted octanol–water partition coefficient (Wildman–Crippen LogP) is 1.24. The van der Waals surface area contributed by atoms with Crippen LogP contribution in [0.25, 0.3) is 11.1 Å². The molecule has 0 fully saturated rings. The van der Waals surface area contributed by atoms with E-state index in [-0.39, 0.29) is 11.2 Å². The number of H-pyrrole nitrogens is 1. The molecule has 0 spiro atoms. The third-order valence-electron chi connectivity index (χ3n) is 3.44. The third-order valence-corrected chi connectivity index (χ3v) is 3.44. The van der Waals surface area contributed by atoms with E-state index in [1.54, 1.807) is 35.8 Å². The summed E-state index contributed by atoms with van der Waals surface area (Å²) in [5, 5.41) is 13.8. The molecule has 19 heavy (non-hydrogen) atoms. The van der Waals surface area contributed by atoms with E-state index in [0.717, 1.165) is 5.69 Å². The number of nitrogens with one attached hydrogen (secondary N) is 1. The van der Waals surface area contributed by atoms with Crippen LogP contribution in [0.3, 0.4) is 0 Å². The van der Waals surface area contributed by atoms with Gasteiger partial charge in [0.15, 0.2) is 0 Å². The Hall–Kier alpha value is -2.57. The zero-order valence-electron chi connectivity index (χ0n) is 10.5. The number of hydrogen-bond donors (Lipinski definition) is 1. The van der Waals surface area contributed by atoms with Gasteiger partial charge in [-0.25, -0.2) is 0 Å². The predicted molar refractivity (Wildman–Crippen MR) is 70.2 cm³/mol. The molecule has 3 rings (SSSR count). The molecule has 1 aromatic carbocycles. The fourth-order valence-corrected chi connectivity index (χ4v) is 2.62. The highest BCUT2D eigenvalue weighted by Crippen LogP contribution is 2.41. The maximum absolute atomic E-state index is 12.0. The molecule has 0 atom stereocenters. The van der Waals surface area contributed by atoms with Crippen molar-refractivity contribution in [3.05, 3.63) is 44.4 Å². The molecule has 1 aliphatic heterocycles. The topological polar surface area (TPSA) is 84.2 Å². The standard InChI is InChI=1S/C12H12N4O3/c1-14-6-9-10(12(17)13-15(9)2)7-4-3-5-8(11(7)14)16(18)19/h3-5H,6H2,1-2H3,(H,13,17). The van der Waals surface area contributed by atoms with Crippen LogP contribution < -0.4 is 10.5 Å². The summed E-state index contributed by atoms with van der Waals surface area (Å²) in [5.74, 6) is 0. The van der Waals surface area contributed by atoms with E-state index >= 15 is 0 Å². The molecular weight excluding hydrogens is 248 g/mol. The van der Waals surface area contributed by atoms with Gasteiger partial charge in [0.2, 0.25) is 0 Å². The van der Waals surface area contributed by atoms with E-state index < -0.39 is 4.92 Å². The molecule has 0 saturated carbocycles. The van der Waals surface area contributed by atoms with Gasteiger partial charge >= 0.3 is 0 Å². The zero-order valence-corrected chi connectivity index (χ0v) is 10.5. The Balaban J connectivity index is 2.39. The summed E-state index contributed by atoms with van der Waals surface area (Å²) < 4.78 is 1.66. The van der Waals surface area contributed by atoms with Gasteiger partial charge < -0.3 is 4.90 Å². The molecule has 98 valence electrons. The number of nitrogens with zero attached hydrogens (tertiary/aromatic N) is 3. The summed E-state index contributed by atoms with van der Waals surface area (Å²) in [4.78, 5) is 24.5. The fourth-order valence-electron chi connectivity index (χ4n) is 2.62. The van der Waals surface area contributed by atoms with Gasteiger partial charge in [-0.2, -0.15) is 0 Å². The van der Waals surface area contributed by atoms with E-state index in [2.05, 4.69) is 5.10 Å². The quantitative estimate of drug-likeness (QED) is 0.617. The van der Waals surface area contributed by atoms with E-state index in [1.807, 2.05) is 0 Å². The number of para-hydroxylation sites is 1. The largest absolute Gasteiger partial charge is 0.363 e. The second-order valence-corrected chi connectivity index (χ2v) is 4.61. The number of nitro benzene ring substituents is 1. The number of fused-ring (bicyclic) bond motifs is 3. The van der Waals surface area contributed by atoms with Gasteiger partial charge in [0.1, 0.15) is 5.69 Å². The smallest absolute Gasteiger partial charge is 0.293 e. The van der Waals surface area contributed by atoms with Crippen molar-refractivity contribution in [2.75, 3.05) is 11.9 Å². The van der Waals surface area contributed by atoms with Crippen LogP contribution >= 0.6 is 0 Å². The van der Waals surface area contributed by atoms with Crippen molar-refractivity contribution in [3.8, 4) is 11.1 Å². The van der Waals surface area contributed by atoms with Gasteiger partial charge in [-0.1, -0.05) is 12.1 Å². The van der Waals surface area contributed by atoms with Crippen molar-refractivity contribution in [2.45, 2.75) is 6.54 Å². The summed E-state index contributed by atoms with van der Waals surface area (Å²) >= 11 is 0. The molecule has 2 aromatic rings. The van der Waals surface area contributed by atoms with Crippen LogP contribution in [-0.4, -0.2) is 21.8 Å². The number of hydrogen-bond acceptors (Lipinski definition) is 4. The highest BCUT2D eigenvalue weighted by Gasteiger charge is 2.30. The van der Waals surface area contributed by atoms with E-state index in [9.17, 15) is 14.9 Å². The minimum Gasteiger partial charge on any atom is -0.363 e. The first-order valence-electron chi connectivity index (χ1n) is 5.77. The third kappa shape index (κ3) is 1.48. The van der Waals surface area contributed by atoms with Crippen LogP contribution in [0.4, 0.5) is 11.4 Å². The molecule has 0 saturated heterocycles. The summed E-state index contributed by atoms with van der Waals surface area (Å²) in [7, 11) is 3.54. The SMILES string of the molecule is CN1Cc2c(c(=O)[nH]n2C)-c2cccc([N+](=O)[O-])c21. The second kappa shape index (κ2) is 3.71. The Morgan fingerprint density at radius 3 is 2.79 bits per heavy atom. The van der Waals surface area contributed by atoms with Gasteiger partial charge in [0.05, 0.1) is 22.7 Å². The molecule has 0 bridgehead atoms. The molecular formula is C12H12N4O3. The number of benzene rings is 1. The Bertz CT molecular complexity index is 744. The first-order chi connectivity index (χ1) is 9.00. The number of rotatable bonds is 1. The number of nitro groups is 1. The van der Waals surface area contributed by atoms with Gasteiger partial charge in [0.25, 0.3) is 11.2 Å². The number of aromatic nitrogens is 2. The van der Waals surface area contributed by atoms with Crippen LogP contribution in [-0.2, 0) is 13.6 Å². The monoisotopic (exact) mass is 260 g/mol. The van der Waals surface area contributed by atoms with Crippen LogP contribution in [0.15, 0.2) is 23.0 Å². The van der Waals surface area contributed by atoms with Crippen molar-refractivity contribution < 1.29 is 4.92 Å².